The van der Waals surface area contributed by atoms with Gasteiger partial charge in [0, 0.05) is 25.0 Å². The zero-order valence-corrected chi connectivity index (χ0v) is 12.8. The summed E-state index contributed by atoms with van der Waals surface area (Å²) in [6.45, 7) is 3.79. The average molecular weight is 316 g/mol. The van der Waals surface area contributed by atoms with Gasteiger partial charge >= 0.3 is 0 Å². The lowest BCUT2D eigenvalue weighted by Gasteiger charge is -2.18. The molecule has 5 heteroatoms. The molecule has 0 spiro atoms. The van der Waals surface area contributed by atoms with Crippen LogP contribution in [0.2, 0.25) is 0 Å². The van der Waals surface area contributed by atoms with E-state index < -0.39 is 0 Å². The van der Waals surface area contributed by atoms with Crippen LogP contribution in [0.3, 0.4) is 0 Å². The summed E-state index contributed by atoms with van der Waals surface area (Å²) in [6, 6.07) is 1.90. The van der Waals surface area contributed by atoms with Crippen molar-refractivity contribution in [2.24, 2.45) is 0 Å². The highest BCUT2D eigenvalue weighted by atomic mass is 79.9. The van der Waals surface area contributed by atoms with E-state index in [1.165, 1.54) is 19.3 Å². The normalized spacial score (nSPS) is 10.4. The molecule has 0 saturated carbocycles. The van der Waals surface area contributed by atoms with E-state index in [-0.39, 0.29) is 0 Å². The van der Waals surface area contributed by atoms with Crippen molar-refractivity contribution < 1.29 is 4.74 Å². The summed E-state index contributed by atoms with van der Waals surface area (Å²) in [5.74, 6) is 1.59. The average Bonchev–Trinajstić information content (AvgIpc) is 2.41. The molecule has 1 aromatic heterocycles. The smallest absolute Gasteiger partial charge is 0.218 e. The van der Waals surface area contributed by atoms with Crippen molar-refractivity contribution in [1.29, 1.82) is 0 Å². The first-order valence-electron chi connectivity index (χ1n) is 6.50. The van der Waals surface area contributed by atoms with Gasteiger partial charge in [-0.25, -0.2) is 9.97 Å². The molecule has 0 saturated heterocycles. The number of nitrogens with zero attached hydrogens (tertiary/aromatic N) is 3. The van der Waals surface area contributed by atoms with Gasteiger partial charge in [0.05, 0.1) is 6.61 Å². The van der Waals surface area contributed by atoms with Crippen molar-refractivity contribution in [2.45, 2.75) is 32.6 Å². The lowest BCUT2D eigenvalue weighted by atomic mass is 10.2. The Labute approximate surface area is 118 Å². The predicted molar refractivity (Wildman–Crippen MR) is 78.7 cm³/mol. The summed E-state index contributed by atoms with van der Waals surface area (Å²) >= 11 is 3.44. The minimum absolute atomic E-state index is 0.661. The molecule has 0 aliphatic rings. The highest BCUT2D eigenvalue weighted by Crippen LogP contribution is 2.15. The van der Waals surface area contributed by atoms with Crippen molar-refractivity contribution in [3.63, 3.8) is 0 Å². The lowest BCUT2D eigenvalue weighted by molar-refractivity contribution is 0.304. The largest absolute Gasteiger partial charge is 0.478 e. The molecule has 4 nitrogen and oxygen atoms in total. The molecule has 0 aliphatic carbocycles. The standard InChI is InChI=1S/C13H22BrN3O/c1-3-9-18-13-10-12(15-11-16-13)17(2)8-6-4-5-7-14/h10-11H,3-9H2,1-2H3. The number of rotatable bonds is 9. The number of halogens is 1. The van der Waals surface area contributed by atoms with Crippen LogP contribution in [0.4, 0.5) is 5.82 Å². The number of anilines is 1. The third-order valence-corrected chi connectivity index (χ3v) is 3.16. The molecule has 0 aromatic carbocycles. The highest BCUT2D eigenvalue weighted by Gasteiger charge is 2.04. The van der Waals surface area contributed by atoms with Gasteiger partial charge in [0.2, 0.25) is 5.88 Å². The van der Waals surface area contributed by atoms with Gasteiger partial charge in [0.1, 0.15) is 12.1 Å². The molecular weight excluding hydrogens is 294 g/mol. The summed E-state index contributed by atoms with van der Waals surface area (Å²) in [5.41, 5.74) is 0. The Morgan fingerprint density at radius 1 is 1.28 bits per heavy atom. The molecule has 0 fully saturated rings. The third kappa shape index (κ3) is 5.67. The molecule has 102 valence electrons. The molecule has 1 rings (SSSR count). The van der Waals surface area contributed by atoms with Gasteiger partial charge in [-0.2, -0.15) is 0 Å². The van der Waals surface area contributed by atoms with E-state index in [1.54, 1.807) is 6.33 Å². The Hall–Kier alpha value is -0.840. The van der Waals surface area contributed by atoms with Crippen LogP contribution < -0.4 is 9.64 Å². The van der Waals surface area contributed by atoms with Crippen molar-refractivity contribution in [1.82, 2.24) is 9.97 Å². The number of unbranched alkanes of at least 4 members (excludes halogenated alkanes) is 2. The minimum atomic E-state index is 0.661. The molecule has 18 heavy (non-hydrogen) atoms. The second-order valence-electron chi connectivity index (χ2n) is 4.23. The highest BCUT2D eigenvalue weighted by molar-refractivity contribution is 9.09. The van der Waals surface area contributed by atoms with Gasteiger partial charge in [0.25, 0.3) is 0 Å². The topological polar surface area (TPSA) is 38.2 Å². The fourth-order valence-electron chi connectivity index (χ4n) is 1.56. The molecule has 0 atom stereocenters. The Morgan fingerprint density at radius 3 is 2.83 bits per heavy atom. The molecule has 0 amide bonds. The van der Waals surface area contributed by atoms with Crippen molar-refractivity contribution in [2.75, 3.05) is 30.4 Å². The van der Waals surface area contributed by atoms with E-state index in [2.05, 4.69) is 44.8 Å². The van der Waals surface area contributed by atoms with E-state index in [1.807, 2.05) is 6.07 Å². The number of ether oxygens (including phenoxy) is 1. The van der Waals surface area contributed by atoms with E-state index >= 15 is 0 Å². The van der Waals surface area contributed by atoms with Crippen LogP contribution in [-0.4, -0.2) is 35.5 Å². The fourth-order valence-corrected chi connectivity index (χ4v) is 1.96. The molecule has 1 heterocycles. The summed E-state index contributed by atoms with van der Waals surface area (Å²) in [6.07, 6.45) is 6.19. The molecule has 0 N–H and O–H groups in total. The molecule has 0 unspecified atom stereocenters. The number of hydrogen-bond donors (Lipinski definition) is 0. The minimum Gasteiger partial charge on any atom is -0.478 e. The Kier molecular flexibility index (Phi) is 7.73. The van der Waals surface area contributed by atoms with Gasteiger partial charge in [-0.1, -0.05) is 29.3 Å². The molecule has 0 aliphatic heterocycles. The van der Waals surface area contributed by atoms with Crippen LogP contribution in [0.5, 0.6) is 5.88 Å². The van der Waals surface area contributed by atoms with Crippen LogP contribution >= 0.6 is 15.9 Å². The summed E-state index contributed by atoms with van der Waals surface area (Å²) in [5, 5.41) is 1.08. The predicted octanol–water partition coefficient (Wildman–Crippen LogP) is 3.27. The summed E-state index contributed by atoms with van der Waals surface area (Å²) in [7, 11) is 2.06. The van der Waals surface area contributed by atoms with Crippen LogP contribution in [-0.2, 0) is 0 Å². The van der Waals surface area contributed by atoms with E-state index in [0.29, 0.717) is 12.5 Å². The first-order valence-corrected chi connectivity index (χ1v) is 7.62. The zero-order valence-electron chi connectivity index (χ0n) is 11.2. The first-order chi connectivity index (χ1) is 8.77. The first kappa shape index (κ1) is 15.2. The van der Waals surface area contributed by atoms with E-state index in [0.717, 1.165) is 24.1 Å². The number of alkyl halides is 1. The van der Waals surface area contributed by atoms with E-state index in [4.69, 9.17) is 4.74 Å². The molecule has 0 radical (unpaired) electrons. The second kappa shape index (κ2) is 9.14. The Morgan fingerprint density at radius 2 is 2.11 bits per heavy atom. The fraction of sp³-hybridized carbons (Fsp3) is 0.692. The summed E-state index contributed by atoms with van der Waals surface area (Å²) < 4.78 is 5.51. The Bertz CT molecular complexity index is 336. The molecular formula is C13H22BrN3O. The van der Waals surface area contributed by atoms with Crippen LogP contribution in [0, 0.1) is 0 Å². The van der Waals surface area contributed by atoms with Crippen molar-refractivity contribution in [3.8, 4) is 5.88 Å². The van der Waals surface area contributed by atoms with E-state index in [9.17, 15) is 0 Å². The zero-order chi connectivity index (χ0) is 13.2. The number of hydrogen-bond acceptors (Lipinski definition) is 4. The van der Waals surface area contributed by atoms with Gasteiger partial charge in [-0.15, -0.1) is 0 Å². The monoisotopic (exact) mass is 315 g/mol. The maximum atomic E-state index is 5.51. The van der Waals surface area contributed by atoms with Gasteiger partial charge in [-0.3, -0.25) is 0 Å². The second-order valence-corrected chi connectivity index (χ2v) is 5.03. The van der Waals surface area contributed by atoms with Gasteiger partial charge in [0.15, 0.2) is 0 Å². The van der Waals surface area contributed by atoms with Gasteiger partial charge < -0.3 is 9.64 Å². The maximum absolute atomic E-state index is 5.51. The van der Waals surface area contributed by atoms with Crippen LogP contribution in [0.25, 0.3) is 0 Å². The number of aromatic nitrogens is 2. The third-order valence-electron chi connectivity index (χ3n) is 2.60. The molecule has 1 aromatic rings. The Balaban J connectivity index is 2.43. The van der Waals surface area contributed by atoms with Crippen LogP contribution in [0.1, 0.15) is 32.6 Å². The van der Waals surface area contributed by atoms with Gasteiger partial charge in [-0.05, 0) is 19.3 Å². The molecule has 0 bridgehead atoms. The SMILES string of the molecule is CCCOc1cc(N(C)CCCCCBr)ncn1. The quantitative estimate of drug-likeness (QED) is 0.518. The van der Waals surface area contributed by atoms with Crippen molar-refractivity contribution in [3.05, 3.63) is 12.4 Å². The summed E-state index contributed by atoms with van der Waals surface area (Å²) in [4.78, 5) is 10.5. The maximum Gasteiger partial charge on any atom is 0.218 e. The van der Waals surface area contributed by atoms with Crippen molar-refractivity contribution >= 4 is 21.7 Å². The lowest BCUT2D eigenvalue weighted by Crippen LogP contribution is -2.19. The van der Waals surface area contributed by atoms with Crippen LogP contribution in [0.15, 0.2) is 12.4 Å².